The molecular formula is C13H12OS. The first-order valence-corrected chi connectivity index (χ1v) is 6.22. The number of hydrogen-bond donors (Lipinski definition) is 0. The highest BCUT2D eigenvalue weighted by atomic mass is 32.1. The summed E-state index contributed by atoms with van der Waals surface area (Å²) in [4.78, 5) is 12.0. The predicted molar refractivity (Wildman–Crippen MR) is 63.5 cm³/mol. The largest absolute Gasteiger partial charge is 0.294 e. The van der Waals surface area contributed by atoms with E-state index in [0.29, 0.717) is 11.7 Å². The molecule has 0 atom stereocenters. The summed E-state index contributed by atoms with van der Waals surface area (Å²) in [5.41, 5.74) is 0.925. The van der Waals surface area contributed by atoms with Gasteiger partial charge in [-0.15, -0.1) is 11.3 Å². The Kier molecular flexibility index (Phi) is 2.10. The van der Waals surface area contributed by atoms with Crippen LogP contribution < -0.4 is 0 Å². The Morgan fingerprint density at radius 2 is 2.20 bits per heavy atom. The highest BCUT2D eigenvalue weighted by Gasteiger charge is 2.25. The van der Waals surface area contributed by atoms with Crippen molar-refractivity contribution in [3.05, 3.63) is 35.2 Å². The number of Topliss-reactive ketones (excluding diaryl/α,β-unsaturated/α-hetero) is 1. The lowest BCUT2D eigenvalue weighted by molar-refractivity contribution is 0.0978. The van der Waals surface area contributed by atoms with Crippen molar-refractivity contribution in [3.8, 4) is 0 Å². The standard InChI is InChI=1S/C13H12OS/c14-12(8-9-4-5-9)11-3-1-2-10-6-7-15-13(10)11/h1-3,6-7,9H,4-5,8H2. The first kappa shape index (κ1) is 9.10. The molecule has 1 fully saturated rings. The summed E-state index contributed by atoms with van der Waals surface area (Å²) < 4.78 is 1.16. The predicted octanol–water partition coefficient (Wildman–Crippen LogP) is 3.88. The van der Waals surface area contributed by atoms with Crippen LogP contribution in [0.5, 0.6) is 0 Å². The average molecular weight is 216 g/mol. The zero-order valence-electron chi connectivity index (χ0n) is 8.40. The summed E-state index contributed by atoms with van der Waals surface area (Å²) in [6, 6.07) is 8.09. The van der Waals surface area contributed by atoms with Gasteiger partial charge in [0.1, 0.15) is 0 Å². The maximum Gasteiger partial charge on any atom is 0.164 e. The van der Waals surface area contributed by atoms with Crippen molar-refractivity contribution < 1.29 is 4.79 Å². The highest BCUT2D eigenvalue weighted by Crippen LogP contribution is 2.35. The minimum Gasteiger partial charge on any atom is -0.294 e. The van der Waals surface area contributed by atoms with Crippen molar-refractivity contribution in [1.82, 2.24) is 0 Å². The van der Waals surface area contributed by atoms with Crippen LogP contribution in [0.15, 0.2) is 29.6 Å². The number of ketones is 1. The minimum absolute atomic E-state index is 0.325. The van der Waals surface area contributed by atoms with E-state index < -0.39 is 0 Å². The maximum atomic E-state index is 12.0. The van der Waals surface area contributed by atoms with Crippen molar-refractivity contribution >= 4 is 27.2 Å². The number of rotatable bonds is 3. The van der Waals surface area contributed by atoms with E-state index in [2.05, 4.69) is 17.5 Å². The molecule has 2 heteroatoms. The topological polar surface area (TPSA) is 17.1 Å². The number of carbonyl (C=O) groups is 1. The second kappa shape index (κ2) is 3.46. The smallest absolute Gasteiger partial charge is 0.164 e. The molecule has 2 aromatic rings. The lowest BCUT2D eigenvalue weighted by Crippen LogP contribution is -1.99. The zero-order valence-corrected chi connectivity index (χ0v) is 9.22. The Hall–Kier alpha value is -1.15. The van der Waals surface area contributed by atoms with Crippen molar-refractivity contribution in [1.29, 1.82) is 0 Å². The fraction of sp³-hybridized carbons (Fsp3) is 0.308. The number of hydrogen-bond acceptors (Lipinski definition) is 2. The fourth-order valence-corrected chi connectivity index (χ4v) is 2.84. The number of benzene rings is 1. The molecular weight excluding hydrogens is 204 g/mol. The van der Waals surface area contributed by atoms with Gasteiger partial charge in [0, 0.05) is 16.7 Å². The molecule has 0 saturated heterocycles. The van der Waals surface area contributed by atoms with Gasteiger partial charge in [-0.05, 0) is 41.7 Å². The molecule has 1 heterocycles. The van der Waals surface area contributed by atoms with Gasteiger partial charge in [-0.2, -0.15) is 0 Å². The van der Waals surface area contributed by atoms with E-state index in [1.165, 1.54) is 18.2 Å². The molecule has 1 nitrogen and oxygen atoms in total. The fourth-order valence-electron chi connectivity index (χ4n) is 1.91. The van der Waals surface area contributed by atoms with Crippen LogP contribution in [0.1, 0.15) is 29.6 Å². The summed E-state index contributed by atoms with van der Waals surface area (Å²) >= 11 is 1.67. The molecule has 1 aromatic heterocycles. The van der Waals surface area contributed by atoms with Crippen molar-refractivity contribution in [2.45, 2.75) is 19.3 Å². The summed E-state index contributed by atoms with van der Waals surface area (Å²) in [5, 5.41) is 3.25. The molecule has 15 heavy (non-hydrogen) atoms. The van der Waals surface area contributed by atoms with Gasteiger partial charge in [0.15, 0.2) is 5.78 Å². The molecule has 0 spiro atoms. The molecule has 1 aliphatic rings. The Morgan fingerprint density at radius 3 is 3.00 bits per heavy atom. The van der Waals surface area contributed by atoms with Gasteiger partial charge in [0.05, 0.1) is 0 Å². The van der Waals surface area contributed by atoms with Crippen LogP contribution in [0.3, 0.4) is 0 Å². The van der Waals surface area contributed by atoms with Crippen molar-refractivity contribution in [2.75, 3.05) is 0 Å². The van der Waals surface area contributed by atoms with Crippen LogP contribution in [0, 0.1) is 5.92 Å². The molecule has 0 amide bonds. The zero-order chi connectivity index (χ0) is 10.3. The second-order valence-corrected chi connectivity index (χ2v) is 5.13. The molecule has 0 bridgehead atoms. The molecule has 1 aliphatic carbocycles. The minimum atomic E-state index is 0.325. The summed E-state index contributed by atoms with van der Waals surface area (Å²) in [5.74, 6) is 0.998. The van der Waals surface area contributed by atoms with Gasteiger partial charge in [-0.1, -0.05) is 12.1 Å². The van der Waals surface area contributed by atoms with Gasteiger partial charge in [0.25, 0.3) is 0 Å². The van der Waals surface area contributed by atoms with Gasteiger partial charge in [0.2, 0.25) is 0 Å². The third kappa shape index (κ3) is 1.70. The summed E-state index contributed by atoms with van der Waals surface area (Å²) in [6.07, 6.45) is 3.23. The molecule has 1 aromatic carbocycles. The second-order valence-electron chi connectivity index (χ2n) is 4.22. The number of carbonyl (C=O) groups excluding carboxylic acids is 1. The van der Waals surface area contributed by atoms with E-state index in [9.17, 15) is 4.79 Å². The van der Waals surface area contributed by atoms with Crippen LogP contribution in [-0.4, -0.2) is 5.78 Å². The first-order valence-electron chi connectivity index (χ1n) is 5.34. The lowest BCUT2D eigenvalue weighted by Gasteiger charge is -2.01. The van der Waals surface area contributed by atoms with Crippen molar-refractivity contribution in [2.24, 2.45) is 5.92 Å². The maximum absolute atomic E-state index is 12.0. The monoisotopic (exact) mass is 216 g/mol. The molecule has 3 rings (SSSR count). The van der Waals surface area contributed by atoms with E-state index in [-0.39, 0.29) is 0 Å². The van der Waals surface area contributed by atoms with Gasteiger partial charge in [-0.25, -0.2) is 0 Å². The van der Waals surface area contributed by atoms with Gasteiger partial charge in [-0.3, -0.25) is 4.79 Å². The van der Waals surface area contributed by atoms with Crippen LogP contribution in [-0.2, 0) is 0 Å². The van der Waals surface area contributed by atoms with Gasteiger partial charge >= 0.3 is 0 Å². The van der Waals surface area contributed by atoms with Crippen LogP contribution in [0.2, 0.25) is 0 Å². The Labute approximate surface area is 92.7 Å². The van der Waals surface area contributed by atoms with Crippen LogP contribution in [0.4, 0.5) is 0 Å². The molecule has 0 N–H and O–H groups in total. The van der Waals surface area contributed by atoms with Gasteiger partial charge < -0.3 is 0 Å². The number of fused-ring (bicyclic) bond motifs is 1. The first-order chi connectivity index (χ1) is 7.34. The van der Waals surface area contributed by atoms with Crippen molar-refractivity contribution in [3.63, 3.8) is 0 Å². The normalized spacial score (nSPS) is 15.7. The quantitative estimate of drug-likeness (QED) is 0.711. The molecule has 1 saturated carbocycles. The third-order valence-corrected chi connectivity index (χ3v) is 3.91. The van der Waals surface area contributed by atoms with E-state index in [1.54, 1.807) is 11.3 Å². The van der Waals surface area contributed by atoms with E-state index in [4.69, 9.17) is 0 Å². The molecule has 0 unspecified atom stereocenters. The van der Waals surface area contributed by atoms with E-state index in [1.807, 2.05) is 12.1 Å². The average Bonchev–Trinajstić information content (AvgIpc) is 2.93. The molecule has 76 valence electrons. The molecule has 0 aliphatic heterocycles. The van der Waals surface area contributed by atoms with Crippen LogP contribution in [0.25, 0.3) is 10.1 Å². The van der Waals surface area contributed by atoms with E-state index >= 15 is 0 Å². The third-order valence-electron chi connectivity index (χ3n) is 2.95. The molecule has 0 radical (unpaired) electrons. The van der Waals surface area contributed by atoms with E-state index in [0.717, 1.165) is 16.7 Å². The highest BCUT2D eigenvalue weighted by molar-refractivity contribution is 7.17. The lowest BCUT2D eigenvalue weighted by atomic mass is 10.0. The summed E-state index contributed by atoms with van der Waals surface area (Å²) in [7, 11) is 0. The Morgan fingerprint density at radius 1 is 1.33 bits per heavy atom. The summed E-state index contributed by atoms with van der Waals surface area (Å²) in [6.45, 7) is 0. The Balaban J connectivity index is 2.01. The SMILES string of the molecule is O=C(CC1CC1)c1cccc2ccsc12. The Bertz CT molecular complexity index is 508. The number of thiophene rings is 1. The van der Waals surface area contributed by atoms with Crippen LogP contribution >= 0.6 is 11.3 Å².